The first kappa shape index (κ1) is 18.1. The summed E-state index contributed by atoms with van der Waals surface area (Å²) in [5.41, 5.74) is -1.60. The van der Waals surface area contributed by atoms with Crippen LogP contribution in [0.3, 0.4) is 0 Å². The third-order valence-electron chi connectivity index (χ3n) is 4.90. The highest BCUT2D eigenvalue weighted by atomic mass is 32.2. The molecule has 2 heterocycles. The van der Waals surface area contributed by atoms with Crippen molar-refractivity contribution in [2.24, 2.45) is 11.3 Å². The molecule has 2 saturated heterocycles. The van der Waals surface area contributed by atoms with Crippen molar-refractivity contribution < 1.29 is 29.6 Å². The molecule has 0 aromatic rings. The average molecular weight is 345 g/mol. The van der Waals surface area contributed by atoms with E-state index in [-0.39, 0.29) is 24.5 Å². The van der Waals surface area contributed by atoms with Gasteiger partial charge in [-0.3, -0.25) is 4.79 Å². The van der Waals surface area contributed by atoms with Crippen LogP contribution >= 0.6 is 11.8 Å². The molecule has 2 rings (SSSR count). The summed E-state index contributed by atoms with van der Waals surface area (Å²) in [5, 5.41) is 32.4. The van der Waals surface area contributed by atoms with E-state index in [0.29, 0.717) is 12.2 Å². The zero-order valence-electron chi connectivity index (χ0n) is 13.2. The van der Waals surface area contributed by atoms with Crippen molar-refractivity contribution >= 4 is 23.8 Å². The average Bonchev–Trinajstić information content (AvgIpc) is 3.04. The van der Waals surface area contributed by atoms with Crippen molar-refractivity contribution in [2.45, 2.75) is 44.9 Å². The van der Waals surface area contributed by atoms with Crippen LogP contribution in [0.5, 0.6) is 0 Å². The molecule has 3 unspecified atom stereocenters. The fraction of sp³-hybridized carbons (Fsp3) is 0.733. The quantitative estimate of drug-likeness (QED) is 0.543. The highest BCUT2D eigenvalue weighted by Crippen LogP contribution is 2.39. The number of aliphatic hydroxyl groups is 2. The minimum absolute atomic E-state index is 0.0764. The van der Waals surface area contributed by atoms with Gasteiger partial charge in [0.2, 0.25) is 0 Å². The largest absolute Gasteiger partial charge is 0.481 e. The van der Waals surface area contributed by atoms with Crippen LogP contribution in [0, 0.1) is 11.3 Å². The number of rotatable bonds is 7. The van der Waals surface area contributed by atoms with E-state index in [9.17, 15) is 24.9 Å². The number of carboxylic acids is 1. The highest BCUT2D eigenvalue weighted by molar-refractivity contribution is 8.03. The van der Waals surface area contributed by atoms with Gasteiger partial charge in [0.15, 0.2) is 6.10 Å². The number of thioether (sulfide) groups is 1. The first-order chi connectivity index (χ1) is 10.9. The third-order valence-corrected chi connectivity index (χ3v) is 6.16. The zero-order chi connectivity index (χ0) is 17.2. The van der Waals surface area contributed by atoms with E-state index in [0.717, 1.165) is 4.91 Å². The fourth-order valence-electron chi connectivity index (χ4n) is 3.10. The molecule has 2 aliphatic heterocycles. The van der Waals surface area contributed by atoms with Crippen LogP contribution in [0.2, 0.25) is 0 Å². The van der Waals surface area contributed by atoms with Gasteiger partial charge in [-0.15, -0.1) is 11.8 Å². The number of fused-ring (bicyclic) bond motifs is 1. The highest BCUT2D eigenvalue weighted by Gasteiger charge is 2.49. The number of carbonyl (C=O) groups is 2. The normalized spacial score (nSPS) is 30.3. The molecule has 0 saturated carbocycles. The number of hydrogen-bond acceptors (Lipinski definition) is 6. The molecule has 2 aliphatic rings. The monoisotopic (exact) mass is 345 g/mol. The van der Waals surface area contributed by atoms with Gasteiger partial charge in [-0.1, -0.05) is 26.3 Å². The zero-order valence-corrected chi connectivity index (χ0v) is 14.0. The van der Waals surface area contributed by atoms with Crippen molar-refractivity contribution in [3.63, 3.8) is 0 Å². The van der Waals surface area contributed by atoms with Crippen LogP contribution in [0.4, 0.5) is 4.79 Å². The molecule has 2 fully saturated rings. The maximum Gasteiger partial charge on any atom is 0.408 e. The predicted octanol–water partition coefficient (Wildman–Crippen LogP) is 0.954. The Labute approximate surface area is 139 Å². The Bertz CT molecular complexity index is 510. The molecule has 5 atom stereocenters. The van der Waals surface area contributed by atoms with Crippen LogP contribution in [0.25, 0.3) is 0 Å². The van der Waals surface area contributed by atoms with Crippen LogP contribution in [-0.4, -0.2) is 58.0 Å². The van der Waals surface area contributed by atoms with Gasteiger partial charge >= 0.3 is 12.1 Å². The van der Waals surface area contributed by atoms with Crippen LogP contribution in [-0.2, 0) is 9.53 Å². The molecular weight excluding hydrogens is 322 g/mol. The summed E-state index contributed by atoms with van der Waals surface area (Å²) >= 11 is 1.52. The number of nitrogens with one attached hydrogen (secondary N) is 1. The van der Waals surface area contributed by atoms with Gasteiger partial charge in [0.25, 0.3) is 0 Å². The van der Waals surface area contributed by atoms with Crippen molar-refractivity contribution in [1.82, 2.24) is 5.32 Å². The molecular formula is C15H23NO6S. The summed E-state index contributed by atoms with van der Waals surface area (Å²) < 4.78 is 5.17. The Morgan fingerprint density at radius 3 is 2.87 bits per heavy atom. The molecule has 0 aromatic heterocycles. The standard InChI is InChI=1S/C15H23NO6S/c1-3-8(2)15(7-17,13(19)20)11(18)5-4-10-12-9(6-23-10)16-14(21)22-12/h4,8-9,11-12,17-18H,3,5-7H2,1-2H3,(H,16,21)(H,19,20)/b10-4+/t8?,9-,11?,12-,15?/m0/s1. The van der Waals surface area contributed by atoms with E-state index in [1.807, 2.05) is 6.92 Å². The predicted molar refractivity (Wildman–Crippen MR) is 85.0 cm³/mol. The van der Waals surface area contributed by atoms with E-state index in [4.69, 9.17) is 4.74 Å². The number of ether oxygens (including phenoxy) is 1. The van der Waals surface area contributed by atoms with Crippen molar-refractivity contribution in [3.05, 3.63) is 11.0 Å². The lowest BCUT2D eigenvalue weighted by atomic mass is 9.70. The Balaban J connectivity index is 2.13. The Hall–Kier alpha value is -1.25. The lowest BCUT2D eigenvalue weighted by Crippen LogP contribution is -2.50. The molecule has 4 N–H and O–H groups in total. The lowest BCUT2D eigenvalue weighted by Gasteiger charge is -2.37. The summed E-state index contributed by atoms with van der Waals surface area (Å²) in [6.45, 7) is 2.91. The molecule has 0 radical (unpaired) electrons. The SMILES string of the molecule is CCC(C)C(CO)(C(=O)O)C(O)C/C=C1/SC[C@@H]2NC(=O)O[C@H]12. The van der Waals surface area contributed by atoms with Crippen molar-refractivity contribution in [1.29, 1.82) is 0 Å². The van der Waals surface area contributed by atoms with Gasteiger partial charge < -0.3 is 25.4 Å². The van der Waals surface area contributed by atoms with Crippen LogP contribution in [0.1, 0.15) is 26.7 Å². The topological polar surface area (TPSA) is 116 Å². The molecule has 0 spiro atoms. The molecule has 0 aromatic carbocycles. The van der Waals surface area contributed by atoms with Gasteiger partial charge in [0.05, 0.1) is 18.8 Å². The van der Waals surface area contributed by atoms with E-state index < -0.39 is 30.2 Å². The van der Waals surface area contributed by atoms with E-state index in [2.05, 4.69) is 5.32 Å². The minimum atomic E-state index is -1.60. The van der Waals surface area contributed by atoms with Gasteiger partial charge in [0, 0.05) is 10.7 Å². The smallest absolute Gasteiger partial charge is 0.408 e. The number of amides is 1. The number of aliphatic hydroxyl groups excluding tert-OH is 2. The molecule has 130 valence electrons. The van der Waals surface area contributed by atoms with Crippen LogP contribution < -0.4 is 5.32 Å². The van der Waals surface area contributed by atoms with Gasteiger partial charge in [-0.05, 0) is 12.3 Å². The van der Waals surface area contributed by atoms with E-state index in [1.54, 1.807) is 13.0 Å². The second-order valence-corrected chi connectivity index (χ2v) is 7.15. The lowest BCUT2D eigenvalue weighted by molar-refractivity contribution is -0.167. The number of alkyl carbamates (subject to hydrolysis) is 1. The first-order valence-corrected chi connectivity index (χ1v) is 8.67. The van der Waals surface area contributed by atoms with E-state index >= 15 is 0 Å². The Morgan fingerprint density at radius 1 is 1.61 bits per heavy atom. The van der Waals surface area contributed by atoms with E-state index in [1.165, 1.54) is 11.8 Å². The summed E-state index contributed by atoms with van der Waals surface area (Å²) in [5.74, 6) is -0.896. The second kappa shape index (κ2) is 7.11. The summed E-state index contributed by atoms with van der Waals surface area (Å²) in [7, 11) is 0. The molecule has 1 amide bonds. The Kier molecular flexibility index (Phi) is 5.59. The van der Waals surface area contributed by atoms with Gasteiger partial charge in [-0.25, -0.2) is 4.79 Å². The second-order valence-electron chi connectivity index (χ2n) is 6.06. The summed E-state index contributed by atoms with van der Waals surface area (Å²) in [6, 6.07) is -0.0764. The number of carboxylic acid groups (broad SMARTS) is 1. The maximum absolute atomic E-state index is 11.7. The number of hydrogen-bond donors (Lipinski definition) is 4. The molecule has 23 heavy (non-hydrogen) atoms. The van der Waals surface area contributed by atoms with Gasteiger partial charge in [0.1, 0.15) is 5.41 Å². The first-order valence-electron chi connectivity index (χ1n) is 7.69. The van der Waals surface area contributed by atoms with Gasteiger partial charge in [-0.2, -0.15) is 0 Å². The molecule has 8 heteroatoms. The molecule has 7 nitrogen and oxygen atoms in total. The summed E-state index contributed by atoms with van der Waals surface area (Å²) in [4.78, 5) is 23.7. The third kappa shape index (κ3) is 3.20. The molecule has 0 aliphatic carbocycles. The fourth-order valence-corrected chi connectivity index (χ4v) is 4.32. The van der Waals surface area contributed by atoms with Crippen molar-refractivity contribution in [3.8, 4) is 0 Å². The van der Waals surface area contributed by atoms with Crippen molar-refractivity contribution in [2.75, 3.05) is 12.4 Å². The number of aliphatic carboxylic acids is 1. The van der Waals surface area contributed by atoms with Crippen LogP contribution in [0.15, 0.2) is 11.0 Å². The number of carbonyl (C=O) groups excluding carboxylic acids is 1. The maximum atomic E-state index is 11.7. The molecule has 0 bridgehead atoms. The Morgan fingerprint density at radius 2 is 2.30 bits per heavy atom. The minimum Gasteiger partial charge on any atom is -0.481 e. The summed E-state index contributed by atoms with van der Waals surface area (Å²) in [6.07, 6.45) is 0.285.